The SMILES string of the molecule is COC(=O)C1(C(=O)OC)C[C@H](I)[C@H](COC(=O)C(Cl)(Cl)Cl)S1. The minimum Gasteiger partial charge on any atom is -0.468 e. The maximum Gasteiger partial charge on any atom is 0.358 e. The highest BCUT2D eigenvalue weighted by molar-refractivity contribution is 14.1. The molecule has 2 atom stereocenters. The Labute approximate surface area is 160 Å². The van der Waals surface area contributed by atoms with Crippen LogP contribution < -0.4 is 0 Å². The van der Waals surface area contributed by atoms with Gasteiger partial charge in [0.1, 0.15) is 6.61 Å². The van der Waals surface area contributed by atoms with Gasteiger partial charge in [0.15, 0.2) is 0 Å². The molecule has 0 radical (unpaired) electrons. The summed E-state index contributed by atoms with van der Waals surface area (Å²) in [6, 6.07) is 0. The van der Waals surface area contributed by atoms with Crippen LogP contribution in [-0.2, 0) is 28.6 Å². The fourth-order valence-corrected chi connectivity index (χ4v) is 5.14. The smallest absolute Gasteiger partial charge is 0.358 e. The number of hydrogen-bond acceptors (Lipinski definition) is 7. The van der Waals surface area contributed by atoms with Crippen molar-refractivity contribution in [2.45, 2.75) is 24.1 Å². The number of methoxy groups -OCH3 is 2. The highest BCUT2D eigenvalue weighted by Gasteiger charge is 2.58. The van der Waals surface area contributed by atoms with Crippen molar-refractivity contribution < 1.29 is 28.6 Å². The molecule has 6 nitrogen and oxygen atoms in total. The first-order chi connectivity index (χ1) is 10.1. The molecule has 1 fully saturated rings. The Balaban J connectivity index is 2.83. The summed E-state index contributed by atoms with van der Waals surface area (Å²) in [5.74, 6) is -2.43. The van der Waals surface area contributed by atoms with Gasteiger partial charge in [-0.25, -0.2) is 14.4 Å². The number of thioether (sulfide) groups is 1. The van der Waals surface area contributed by atoms with Gasteiger partial charge in [-0.1, -0.05) is 57.4 Å². The third kappa shape index (κ3) is 4.46. The molecule has 0 bridgehead atoms. The molecule has 126 valence electrons. The topological polar surface area (TPSA) is 78.9 Å². The molecule has 0 aromatic carbocycles. The van der Waals surface area contributed by atoms with Crippen LogP contribution in [0.3, 0.4) is 0 Å². The number of ether oxygens (including phenoxy) is 3. The number of hydrogen-bond donors (Lipinski definition) is 0. The predicted octanol–water partition coefficient (Wildman–Crippen LogP) is 2.29. The molecule has 0 aromatic rings. The fourth-order valence-electron chi connectivity index (χ4n) is 1.84. The molecule has 1 aliphatic rings. The van der Waals surface area contributed by atoms with E-state index >= 15 is 0 Å². The van der Waals surface area contributed by atoms with Crippen molar-refractivity contribution in [2.75, 3.05) is 20.8 Å². The maximum atomic E-state index is 12.0. The first-order valence-corrected chi connectivity index (χ1v) is 9.07. The quantitative estimate of drug-likeness (QED) is 0.191. The molecule has 0 spiro atoms. The van der Waals surface area contributed by atoms with Crippen molar-refractivity contribution >= 4 is 87.1 Å². The lowest BCUT2D eigenvalue weighted by Gasteiger charge is -2.22. The van der Waals surface area contributed by atoms with Gasteiger partial charge in [0.25, 0.3) is 3.79 Å². The summed E-state index contributed by atoms with van der Waals surface area (Å²) in [6.45, 7) is -0.110. The Morgan fingerprint density at radius 3 is 2.14 bits per heavy atom. The molecule has 1 rings (SSSR count). The van der Waals surface area contributed by atoms with Crippen LogP contribution >= 0.6 is 69.2 Å². The van der Waals surface area contributed by atoms with E-state index in [1.54, 1.807) is 0 Å². The Kier molecular flexibility index (Phi) is 7.38. The molecule has 22 heavy (non-hydrogen) atoms. The van der Waals surface area contributed by atoms with Crippen LogP contribution in [0.1, 0.15) is 6.42 Å². The molecular weight excluding hydrogens is 493 g/mol. The summed E-state index contributed by atoms with van der Waals surface area (Å²) in [6.07, 6.45) is 0.188. The van der Waals surface area contributed by atoms with Gasteiger partial charge in [-0.3, -0.25) is 0 Å². The first-order valence-electron chi connectivity index (χ1n) is 5.81. The first kappa shape index (κ1) is 20.4. The molecule has 0 unspecified atom stereocenters. The molecule has 0 amide bonds. The third-order valence-electron chi connectivity index (χ3n) is 2.88. The Hall–Kier alpha value is 0.360. The second kappa shape index (κ2) is 7.96. The second-order valence-corrected chi connectivity index (χ2v) is 9.70. The monoisotopic (exact) mass is 504 g/mol. The summed E-state index contributed by atoms with van der Waals surface area (Å²) in [4.78, 5) is 35.5. The van der Waals surface area contributed by atoms with Crippen LogP contribution in [0.5, 0.6) is 0 Å². The molecule has 1 aliphatic heterocycles. The fraction of sp³-hybridized carbons (Fsp3) is 0.727. The lowest BCUT2D eigenvalue weighted by molar-refractivity contribution is -0.156. The Morgan fingerprint density at radius 2 is 1.73 bits per heavy atom. The standard InChI is InChI=1S/C11H12Cl3IO6S/c1-19-7(16)10(8(17)20-2)3-5(15)6(22-10)4-21-9(18)11(12,13)14/h5-6H,3-4H2,1-2H3/t5-,6-/m0/s1. The summed E-state index contributed by atoms with van der Waals surface area (Å²) in [5, 5.41) is -0.352. The van der Waals surface area contributed by atoms with Gasteiger partial charge in [0.2, 0.25) is 4.75 Å². The molecular formula is C11H12Cl3IO6S. The minimum absolute atomic E-state index is 0.110. The van der Waals surface area contributed by atoms with E-state index in [2.05, 4.69) is 22.6 Å². The number of carbonyl (C=O) groups excluding carboxylic acids is 3. The van der Waals surface area contributed by atoms with Crippen LogP contribution in [0.4, 0.5) is 0 Å². The summed E-state index contributed by atoms with van der Waals surface area (Å²) >= 11 is 19.3. The van der Waals surface area contributed by atoms with Crippen molar-refractivity contribution in [1.82, 2.24) is 0 Å². The van der Waals surface area contributed by atoms with Crippen LogP contribution in [0, 0.1) is 0 Å². The molecule has 11 heteroatoms. The van der Waals surface area contributed by atoms with Gasteiger partial charge < -0.3 is 14.2 Å². The van der Waals surface area contributed by atoms with Crippen LogP contribution in [0.15, 0.2) is 0 Å². The average molecular weight is 506 g/mol. The summed E-state index contributed by atoms with van der Waals surface area (Å²) < 4.78 is 10.5. The van der Waals surface area contributed by atoms with E-state index in [9.17, 15) is 14.4 Å². The van der Waals surface area contributed by atoms with Crippen molar-refractivity contribution in [3.8, 4) is 0 Å². The lowest BCUT2D eigenvalue weighted by Crippen LogP contribution is -2.43. The number of alkyl halides is 4. The molecule has 0 N–H and O–H groups in total. The molecule has 1 saturated heterocycles. The number of esters is 3. The highest BCUT2D eigenvalue weighted by Crippen LogP contribution is 2.48. The van der Waals surface area contributed by atoms with Gasteiger partial charge >= 0.3 is 17.9 Å². The predicted molar refractivity (Wildman–Crippen MR) is 91.8 cm³/mol. The van der Waals surface area contributed by atoms with Gasteiger partial charge in [0, 0.05) is 3.92 Å². The summed E-state index contributed by atoms with van der Waals surface area (Å²) in [5.41, 5.74) is 0. The van der Waals surface area contributed by atoms with E-state index in [1.165, 1.54) is 14.2 Å². The second-order valence-electron chi connectivity index (χ2n) is 4.28. The van der Waals surface area contributed by atoms with E-state index < -0.39 is 26.4 Å². The molecule has 0 saturated carbocycles. The number of rotatable bonds is 4. The molecule has 0 aromatic heterocycles. The normalized spacial score (nSPS) is 23.7. The highest BCUT2D eigenvalue weighted by atomic mass is 127. The van der Waals surface area contributed by atoms with Gasteiger partial charge in [-0.2, -0.15) is 0 Å². The van der Waals surface area contributed by atoms with E-state index in [1.807, 2.05) is 0 Å². The molecule has 1 heterocycles. The zero-order chi connectivity index (χ0) is 17.1. The zero-order valence-corrected chi connectivity index (χ0v) is 16.7. The Bertz CT molecular complexity index is 453. The lowest BCUT2D eigenvalue weighted by atomic mass is 10.0. The van der Waals surface area contributed by atoms with Crippen molar-refractivity contribution in [1.29, 1.82) is 0 Å². The van der Waals surface area contributed by atoms with Gasteiger partial charge in [-0.05, 0) is 6.42 Å². The maximum absolute atomic E-state index is 12.0. The van der Waals surface area contributed by atoms with Gasteiger partial charge in [0.05, 0.1) is 19.5 Å². The largest absolute Gasteiger partial charge is 0.468 e. The number of carbonyl (C=O) groups is 3. The van der Waals surface area contributed by atoms with Crippen molar-refractivity contribution in [3.05, 3.63) is 0 Å². The number of halogens is 4. The van der Waals surface area contributed by atoms with Gasteiger partial charge in [-0.15, -0.1) is 11.8 Å². The van der Waals surface area contributed by atoms with E-state index in [0.717, 1.165) is 11.8 Å². The van der Waals surface area contributed by atoms with Crippen molar-refractivity contribution in [3.63, 3.8) is 0 Å². The van der Waals surface area contributed by atoms with Crippen LogP contribution in [0.25, 0.3) is 0 Å². The summed E-state index contributed by atoms with van der Waals surface area (Å²) in [7, 11) is 2.37. The third-order valence-corrected chi connectivity index (χ3v) is 6.81. The minimum atomic E-state index is -2.17. The molecule has 0 aliphatic carbocycles. The zero-order valence-electron chi connectivity index (χ0n) is 11.4. The van der Waals surface area contributed by atoms with E-state index in [-0.39, 0.29) is 22.2 Å². The average Bonchev–Trinajstić information content (AvgIpc) is 2.80. The Morgan fingerprint density at radius 1 is 1.23 bits per heavy atom. The van der Waals surface area contributed by atoms with Crippen LogP contribution in [0.2, 0.25) is 0 Å². The van der Waals surface area contributed by atoms with E-state index in [4.69, 9.17) is 49.0 Å². The van der Waals surface area contributed by atoms with Crippen molar-refractivity contribution in [2.24, 2.45) is 0 Å². The van der Waals surface area contributed by atoms with Crippen LogP contribution in [-0.4, -0.2) is 56.4 Å². The van der Waals surface area contributed by atoms with E-state index in [0.29, 0.717) is 0 Å².